The van der Waals surface area contributed by atoms with Crippen molar-refractivity contribution in [1.82, 2.24) is 4.90 Å². The lowest BCUT2D eigenvalue weighted by Crippen LogP contribution is -2.47. The second-order valence-corrected chi connectivity index (χ2v) is 6.08. The largest absolute Gasteiger partial charge is 0.480 e. The molecule has 1 unspecified atom stereocenters. The molecule has 0 saturated carbocycles. The molecule has 1 N–H and O–H groups in total. The summed E-state index contributed by atoms with van der Waals surface area (Å²) >= 11 is 1.80. The maximum atomic E-state index is 11.3. The highest BCUT2D eigenvalue weighted by Gasteiger charge is 2.43. The Kier molecular flexibility index (Phi) is 3.54. The first-order valence-corrected chi connectivity index (χ1v) is 6.94. The van der Waals surface area contributed by atoms with Crippen LogP contribution in [0.15, 0.2) is 12.1 Å². The lowest BCUT2D eigenvalue weighted by atomic mass is 9.99. The molecule has 0 spiro atoms. The van der Waals surface area contributed by atoms with E-state index in [4.69, 9.17) is 0 Å². The molecule has 0 aliphatic carbocycles. The third kappa shape index (κ3) is 2.38. The maximum Gasteiger partial charge on any atom is 0.323 e. The zero-order valence-corrected chi connectivity index (χ0v) is 11.2. The van der Waals surface area contributed by atoms with Gasteiger partial charge in [0.15, 0.2) is 0 Å². The number of carboxylic acid groups (broad SMARTS) is 1. The highest BCUT2D eigenvalue weighted by Crippen LogP contribution is 2.32. The van der Waals surface area contributed by atoms with Gasteiger partial charge in [0.05, 0.1) is 0 Å². The summed E-state index contributed by atoms with van der Waals surface area (Å²) in [4.78, 5) is 16.1. The van der Waals surface area contributed by atoms with Gasteiger partial charge >= 0.3 is 5.97 Å². The molecule has 0 bridgehead atoms. The number of hydrogen-bond acceptors (Lipinski definition) is 3. The van der Waals surface area contributed by atoms with E-state index in [1.54, 1.807) is 11.3 Å². The molecule has 1 aromatic heterocycles. The quantitative estimate of drug-likeness (QED) is 0.897. The van der Waals surface area contributed by atoms with Crippen molar-refractivity contribution in [3.05, 3.63) is 21.9 Å². The van der Waals surface area contributed by atoms with Crippen LogP contribution in [0.1, 0.15) is 36.4 Å². The summed E-state index contributed by atoms with van der Waals surface area (Å²) in [7, 11) is 0. The van der Waals surface area contributed by atoms with Crippen LogP contribution in [0.5, 0.6) is 0 Å². The van der Waals surface area contributed by atoms with Crippen molar-refractivity contribution < 1.29 is 9.90 Å². The second kappa shape index (κ2) is 4.78. The number of aliphatic carboxylic acids is 1. The molecule has 2 heterocycles. The molecular formula is C13H19NO2S. The molecule has 1 aliphatic rings. The zero-order valence-electron chi connectivity index (χ0n) is 10.4. The number of thiophene rings is 1. The SMILES string of the molecule is CCc1ccc(CN2CCCC2(C)C(=O)O)s1. The molecule has 2 rings (SSSR count). The van der Waals surface area contributed by atoms with Crippen LogP contribution in [0.4, 0.5) is 0 Å². The summed E-state index contributed by atoms with van der Waals surface area (Å²) < 4.78 is 0. The summed E-state index contributed by atoms with van der Waals surface area (Å²) in [5, 5.41) is 9.33. The predicted octanol–water partition coefficient (Wildman–Crippen LogP) is 2.75. The summed E-state index contributed by atoms with van der Waals surface area (Å²) in [5.41, 5.74) is -0.670. The van der Waals surface area contributed by atoms with E-state index < -0.39 is 11.5 Å². The number of likely N-dealkylation sites (tertiary alicyclic amines) is 1. The van der Waals surface area contributed by atoms with Crippen molar-refractivity contribution in [2.24, 2.45) is 0 Å². The highest BCUT2D eigenvalue weighted by molar-refractivity contribution is 7.11. The number of rotatable bonds is 4. The van der Waals surface area contributed by atoms with Crippen molar-refractivity contribution in [3.63, 3.8) is 0 Å². The molecule has 4 heteroatoms. The van der Waals surface area contributed by atoms with Crippen molar-refractivity contribution in [1.29, 1.82) is 0 Å². The smallest absolute Gasteiger partial charge is 0.323 e. The Morgan fingerprint density at radius 2 is 2.24 bits per heavy atom. The Morgan fingerprint density at radius 3 is 2.82 bits per heavy atom. The molecule has 0 radical (unpaired) electrons. The second-order valence-electron chi connectivity index (χ2n) is 4.83. The fourth-order valence-electron chi connectivity index (χ4n) is 2.40. The van der Waals surface area contributed by atoms with Crippen LogP contribution in [-0.4, -0.2) is 28.1 Å². The number of carboxylic acids is 1. The zero-order chi connectivity index (χ0) is 12.5. The molecule has 1 saturated heterocycles. The van der Waals surface area contributed by atoms with E-state index in [9.17, 15) is 9.90 Å². The lowest BCUT2D eigenvalue weighted by Gasteiger charge is -2.30. The van der Waals surface area contributed by atoms with Gasteiger partial charge in [0.25, 0.3) is 0 Å². The number of hydrogen-bond donors (Lipinski definition) is 1. The van der Waals surface area contributed by atoms with Gasteiger partial charge in [-0.25, -0.2) is 0 Å². The van der Waals surface area contributed by atoms with Crippen LogP contribution in [0.3, 0.4) is 0 Å². The molecule has 3 nitrogen and oxygen atoms in total. The fraction of sp³-hybridized carbons (Fsp3) is 0.615. The van der Waals surface area contributed by atoms with Gasteiger partial charge in [-0.05, 0) is 44.9 Å². The first kappa shape index (κ1) is 12.6. The van der Waals surface area contributed by atoms with E-state index in [2.05, 4.69) is 24.0 Å². The topological polar surface area (TPSA) is 40.5 Å². The summed E-state index contributed by atoms with van der Waals surface area (Å²) in [6.07, 6.45) is 2.80. The van der Waals surface area contributed by atoms with E-state index >= 15 is 0 Å². The van der Waals surface area contributed by atoms with Gasteiger partial charge in [-0.2, -0.15) is 0 Å². The van der Waals surface area contributed by atoms with Crippen molar-refractivity contribution in [3.8, 4) is 0 Å². The van der Waals surface area contributed by atoms with E-state index in [0.717, 1.165) is 32.4 Å². The van der Waals surface area contributed by atoms with Crippen molar-refractivity contribution >= 4 is 17.3 Å². The molecule has 1 aliphatic heterocycles. The lowest BCUT2D eigenvalue weighted by molar-refractivity contribution is -0.148. The van der Waals surface area contributed by atoms with Crippen molar-refractivity contribution in [2.45, 2.75) is 45.2 Å². The molecule has 94 valence electrons. The van der Waals surface area contributed by atoms with Crippen LogP contribution < -0.4 is 0 Å². The molecule has 17 heavy (non-hydrogen) atoms. The van der Waals surface area contributed by atoms with Gasteiger partial charge in [0.1, 0.15) is 5.54 Å². The van der Waals surface area contributed by atoms with E-state index in [-0.39, 0.29) is 0 Å². The van der Waals surface area contributed by atoms with Gasteiger partial charge in [0, 0.05) is 16.3 Å². The first-order valence-electron chi connectivity index (χ1n) is 6.12. The summed E-state index contributed by atoms with van der Waals surface area (Å²) in [5.74, 6) is -0.692. The van der Waals surface area contributed by atoms with E-state index in [1.807, 2.05) is 6.92 Å². The molecule has 1 atom stereocenters. The van der Waals surface area contributed by atoms with Crippen LogP contribution in [-0.2, 0) is 17.8 Å². The molecular weight excluding hydrogens is 234 g/mol. The Balaban J connectivity index is 2.10. The molecule has 1 fully saturated rings. The summed E-state index contributed by atoms with van der Waals surface area (Å²) in [6, 6.07) is 4.28. The van der Waals surface area contributed by atoms with Crippen LogP contribution in [0.25, 0.3) is 0 Å². The van der Waals surface area contributed by atoms with Gasteiger partial charge < -0.3 is 5.11 Å². The molecule has 1 aromatic rings. The molecule has 0 aromatic carbocycles. The van der Waals surface area contributed by atoms with Gasteiger partial charge in [-0.3, -0.25) is 9.69 Å². The third-order valence-electron chi connectivity index (χ3n) is 3.66. The average molecular weight is 253 g/mol. The minimum Gasteiger partial charge on any atom is -0.480 e. The Morgan fingerprint density at radius 1 is 1.53 bits per heavy atom. The number of carbonyl (C=O) groups is 1. The first-order chi connectivity index (χ1) is 8.06. The van der Waals surface area contributed by atoms with Gasteiger partial charge in [-0.15, -0.1) is 11.3 Å². The standard InChI is InChI=1S/C13H19NO2S/c1-3-10-5-6-11(17-10)9-14-8-4-7-13(14,2)12(15)16/h5-6H,3-4,7-9H2,1-2H3,(H,15,16). The number of nitrogens with zero attached hydrogens (tertiary/aromatic N) is 1. The van der Waals surface area contributed by atoms with Crippen LogP contribution in [0.2, 0.25) is 0 Å². The van der Waals surface area contributed by atoms with Crippen LogP contribution in [0, 0.1) is 0 Å². The molecule has 0 amide bonds. The Labute approximate surface area is 106 Å². The van der Waals surface area contributed by atoms with Crippen LogP contribution >= 0.6 is 11.3 Å². The minimum absolute atomic E-state index is 0.670. The average Bonchev–Trinajstić information content (AvgIpc) is 2.88. The van der Waals surface area contributed by atoms with Gasteiger partial charge in [-0.1, -0.05) is 6.92 Å². The highest BCUT2D eigenvalue weighted by atomic mass is 32.1. The summed E-state index contributed by atoms with van der Waals surface area (Å²) in [6.45, 7) is 5.65. The number of aryl methyl sites for hydroxylation is 1. The van der Waals surface area contributed by atoms with Crippen molar-refractivity contribution in [2.75, 3.05) is 6.54 Å². The predicted molar refractivity (Wildman–Crippen MR) is 69.4 cm³/mol. The third-order valence-corrected chi connectivity index (χ3v) is 4.88. The fourth-order valence-corrected chi connectivity index (χ4v) is 3.37. The van der Waals surface area contributed by atoms with Gasteiger partial charge in [0.2, 0.25) is 0 Å². The normalized spacial score (nSPS) is 25.3. The van der Waals surface area contributed by atoms with E-state index in [1.165, 1.54) is 9.75 Å². The monoisotopic (exact) mass is 253 g/mol. The Hall–Kier alpha value is -0.870. The maximum absolute atomic E-state index is 11.3. The minimum atomic E-state index is -0.692. The van der Waals surface area contributed by atoms with E-state index in [0.29, 0.717) is 0 Å². The Bertz CT molecular complexity index is 415.